The Bertz CT molecular complexity index is 234. The van der Waals surface area contributed by atoms with Crippen molar-refractivity contribution in [1.29, 1.82) is 0 Å². The standard InChI is InChI=1S/C9H14O6.Sn/c1-6(10)13-4-9(15-8(3)12)5-14-7(2)11;/h9H,4-5H2,1-3H3;. The Labute approximate surface area is 111 Å². The van der Waals surface area contributed by atoms with Gasteiger partial charge in [0, 0.05) is 44.7 Å². The second kappa shape index (κ2) is 9.44. The van der Waals surface area contributed by atoms with E-state index in [1.165, 1.54) is 20.8 Å². The minimum atomic E-state index is -0.754. The molecule has 0 atom stereocenters. The second-order valence-corrected chi connectivity index (χ2v) is 2.84. The molecule has 0 unspecified atom stereocenters. The molecule has 0 spiro atoms. The number of hydrogen-bond donors (Lipinski definition) is 0. The number of carbonyl (C=O) groups is 3. The molecular formula is C9H14O6Sn. The molecular weight excluding hydrogens is 323 g/mol. The zero-order chi connectivity index (χ0) is 11.8. The summed E-state index contributed by atoms with van der Waals surface area (Å²) < 4.78 is 14.0. The van der Waals surface area contributed by atoms with Crippen LogP contribution in [0, 0.1) is 0 Å². The summed E-state index contributed by atoms with van der Waals surface area (Å²) in [5.41, 5.74) is 0. The van der Waals surface area contributed by atoms with Crippen molar-refractivity contribution in [2.24, 2.45) is 0 Å². The van der Waals surface area contributed by atoms with Crippen LogP contribution in [0.5, 0.6) is 0 Å². The Kier molecular flexibility index (Phi) is 10.4. The average molecular weight is 337 g/mol. The molecule has 0 aromatic heterocycles. The van der Waals surface area contributed by atoms with Gasteiger partial charge in [-0.05, 0) is 0 Å². The van der Waals surface area contributed by atoms with E-state index in [0.29, 0.717) is 0 Å². The molecule has 0 fully saturated rings. The number of ether oxygens (including phenoxy) is 3. The van der Waals surface area contributed by atoms with Crippen LogP contribution >= 0.6 is 0 Å². The summed E-state index contributed by atoms with van der Waals surface area (Å²) in [5.74, 6) is -1.51. The van der Waals surface area contributed by atoms with Crippen LogP contribution in [0.25, 0.3) is 0 Å². The minimum Gasteiger partial charge on any atom is -0.462 e. The number of esters is 3. The van der Waals surface area contributed by atoms with Gasteiger partial charge in [0.2, 0.25) is 0 Å². The van der Waals surface area contributed by atoms with Crippen LogP contribution in [0.4, 0.5) is 0 Å². The maximum atomic E-state index is 10.6. The molecule has 16 heavy (non-hydrogen) atoms. The topological polar surface area (TPSA) is 78.9 Å². The largest absolute Gasteiger partial charge is 0.462 e. The molecule has 0 amide bonds. The Morgan fingerprint density at radius 2 is 1.25 bits per heavy atom. The number of rotatable bonds is 5. The molecule has 0 aromatic rings. The van der Waals surface area contributed by atoms with E-state index in [9.17, 15) is 14.4 Å². The van der Waals surface area contributed by atoms with Crippen LogP contribution in [-0.4, -0.2) is 61.1 Å². The molecule has 90 valence electrons. The molecule has 0 aliphatic rings. The first-order valence-corrected chi connectivity index (χ1v) is 4.35. The Hall–Kier alpha value is -0.791. The van der Waals surface area contributed by atoms with Gasteiger partial charge in [-0.1, -0.05) is 0 Å². The van der Waals surface area contributed by atoms with Crippen LogP contribution in [-0.2, 0) is 28.6 Å². The van der Waals surface area contributed by atoms with Crippen molar-refractivity contribution in [2.75, 3.05) is 13.2 Å². The average Bonchev–Trinajstić information content (AvgIpc) is 2.08. The van der Waals surface area contributed by atoms with E-state index in [1.807, 2.05) is 0 Å². The van der Waals surface area contributed by atoms with Gasteiger partial charge in [0.25, 0.3) is 0 Å². The molecule has 7 heteroatoms. The summed E-state index contributed by atoms with van der Waals surface area (Å²) >= 11 is 0. The SMILES string of the molecule is CC(=O)OCC(COC(C)=O)OC(C)=O.[Sn]. The molecule has 0 N–H and O–H groups in total. The van der Waals surface area contributed by atoms with Crippen LogP contribution in [0.3, 0.4) is 0 Å². The minimum absolute atomic E-state index is 0. The first kappa shape index (κ1) is 17.6. The van der Waals surface area contributed by atoms with Crippen LogP contribution in [0.2, 0.25) is 0 Å². The Morgan fingerprint density at radius 3 is 1.50 bits per heavy atom. The summed E-state index contributed by atoms with van der Waals surface area (Å²) in [7, 11) is 0. The molecule has 0 heterocycles. The summed E-state index contributed by atoms with van der Waals surface area (Å²) in [6.07, 6.45) is -0.754. The maximum absolute atomic E-state index is 10.6. The quantitative estimate of drug-likeness (QED) is 0.388. The van der Waals surface area contributed by atoms with Gasteiger partial charge in [-0.15, -0.1) is 0 Å². The van der Waals surface area contributed by atoms with Gasteiger partial charge in [-0.25, -0.2) is 0 Å². The molecule has 0 rings (SSSR count). The smallest absolute Gasteiger partial charge is 0.303 e. The van der Waals surface area contributed by atoms with E-state index in [1.54, 1.807) is 0 Å². The molecule has 0 aromatic carbocycles. The van der Waals surface area contributed by atoms with Gasteiger partial charge < -0.3 is 14.2 Å². The Morgan fingerprint density at radius 1 is 0.875 bits per heavy atom. The molecule has 6 nitrogen and oxygen atoms in total. The van der Waals surface area contributed by atoms with Crippen molar-refractivity contribution in [3.63, 3.8) is 0 Å². The van der Waals surface area contributed by atoms with Gasteiger partial charge in [0.05, 0.1) is 0 Å². The molecule has 4 radical (unpaired) electrons. The van der Waals surface area contributed by atoms with E-state index < -0.39 is 24.0 Å². The predicted molar refractivity (Wildman–Crippen MR) is 54.6 cm³/mol. The summed E-state index contributed by atoms with van der Waals surface area (Å²) in [5, 5.41) is 0. The van der Waals surface area contributed by atoms with Crippen molar-refractivity contribution < 1.29 is 28.6 Å². The molecule has 0 aliphatic carbocycles. The van der Waals surface area contributed by atoms with Gasteiger partial charge in [-0.2, -0.15) is 0 Å². The third-order valence-electron chi connectivity index (χ3n) is 1.28. The monoisotopic (exact) mass is 338 g/mol. The third kappa shape index (κ3) is 11.3. The predicted octanol–water partition coefficient (Wildman–Crippen LogP) is -0.337. The van der Waals surface area contributed by atoms with Crippen molar-refractivity contribution in [2.45, 2.75) is 26.9 Å². The van der Waals surface area contributed by atoms with Gasteiger partial charge in [-0.3, -0.25) is 14.4 Å². The van der Waals surface area contributed by atoms with Crippen molar-refractivity contribution in [3.8, 4) is 0 Å². The van der Waals surface area contributed by atoms with E-state index >= 15 is 0 Å². The Balaban J connectivity index is 0. The maximum Gasteiger partial charge on any atom is 0.303 e. The van der Waals surface area contributed by atoms with Gasteiger partial charge in [0.1, 0.15) is 13.2 Å². The number of carbonyl (C=O) groups excluding carboxylic acids is 3. The fourth-order valence-electron chi connectivity index (χ4n) is 0.771. The first-order valence-electron chi connectivity index (χ1n) is 4.35. The van der Waals surface area contributed by atoms with Crippen LogP contribution in [0.1, 0.15) is 20.8 Å². The van der Waals surface area contributed by atoms with Gasteiger partial charge >= 0.3 is 17.9 Å². The van der Waals surface area contributed by atoms with Crippen LogP contribution < -0.4 is 0 Å². The summed E-state index contributed by atoms with van der Waals surface area (Å²) in [6.45, 7) is 3.44. The number of hydrogen-bond acceptors (Lipinski definition) is 6. The third-order valence-corrected chi connectivity index (χ3v) is 1.28. The van der Waals surface area contributed by atoms with Crippen LogP contribution in [0.15, 0.2) is 0 Å². The fraction of sp³-hybridized carbons (Fsp3) is 0.667. The fourth-order valence-corrected chi connectivity index (χ4v) is 0.771. The summed E-state index contributed by atoms with van der Waals surface area (Å²) in [4.78, 5) is 31.6. The van der Waals surface area contributed by atoms with Crippen molar-refractivity contribution in [3.05, 3.63) is 0 Å². The molecule has 0 aliphatic heterocycles. The van der Waals surface area contributed by atoms with E-state index in [2.05, 4.69) is 9.47 Å². The van der Waals surface area contributed by atoms with Crippen molar-refractivity contribution in [1.82, 2.24) is 0 Å². The van der Waals surface area contributed by atoms with Crippen molar-refractivity contribution >= 4 is 41.8 Å². The second-order valence-electron chi connectivity index (χ2n) is 2.84. The van der Waals surface area contributed by atoms with E-state index in [-0.39, 0.29) is 37.1 Å². The van der Waals surface area contributed by atoms with Gasteiger partial charge in [0.15, 0.2) is 6.10 Å². The van der Waals surface area contributed by atoms with E-state index in [0.717, 1.165) is 0 Å². The molecule has 0 saturated heterocycles. The zero-order valence-corrected chi connectivity index (χ0v) is 12.3. The zero-order valence-electron chi connectivity index (χ0n) is 9.44. The van der Waals surface area contributed by atoms with E-state index in [4.69, 9.17) is 4.74 Å². The molecule has 0 saturated carbocycles. The normalized spacial score (nSPS) is 9.00. The first-order chi connectivity index (χ1) is 6.91. The summed E-state index contributed by atoms with van der Waals surface area (Å²) in [6, 6.07) is 0. The molecule has 0 bridgehead atoms.